The zero-order valence-electron chi connectivity index (χ0n) is 19.2. The van der Waals surface area contributed by atoms with Gasteiger partial charge in [0, 0.05) is 18.7 Å². The standard InChI is InChI=1S/C24H25N5O4S/c1-14-5-4-6-15(11-14)22-26-17(13-33-22)21(30)25-16-12-18-20(27-19(16)24(2,3)31)28-23(34-18)29-7-9-32-10-8-29/h4-6,11-13,31H,7-10H2,1-3H3,(H,25,30). The van der Waals surface area contributed by atoms with Crippen molar-refractivity contribution in [2.75, 3.05) is 36.5 Å². The molecular weight excluding hydrogens is 454 g/mol. The number of hydrogen-bond donors (Lipinski definition) is 2. The fraction of sp³-hybridized carbons (Fsp3) is 0.333. The van der Waals surface area contributed by atoms with Gasteiger partial charge in [-0.1, -0.05) is 29.0 Å². The third-order valence-electron chi connectivity index (χ3n) is 5.48. The van der Waals surface area contributed by atoms with E-state index in [1.807, 2.05) is 31.2 Å². The van der Waals surface area contributed by atoms with Crippen LogP contribution in [0.25, 0.3) is 21.8 Å². The molecule has 0 spiro atoms. The van der Waals surface area contributed by atoms with Crippen LogP contribution in [0.15, 0.2) is 41.0 Å². The second-order valence-corrected chi connectivity index (χ2v) is 9.73. The monoisotopic (exact) mass is 479 g/mol. The molecule has 176 valence electrons. The van der Waals surface area contributed by atoms with Crippen molar-refractivity contribution in [2.24, 2.45) is 0 Å². The van der Waals surface area contributed by atoms with Crippen molar-refractivity contribution in [3.05, 3.63) is 53.5 Å². The predicted molar refractivity (Wildman–Crippen MR) is 130 cm³/mol. The Morgan fingerprint density at radius 1 is 1.18 bits per heavy atom. The molecule has 2 N–H and O–H groups in total. The lowest BCUT2D eigenvalue weighted by molar-refractivity contribution is 0.0749. The molecule has 9 nitrogen and oxygen atoms in total. The molecule has 1 fully saturated rings. The highest BCUT2D eigenvalue weighted by Gasteiger charge is 2.27. The molecule has 1 aliphatic heterocycles. The molecule has 1 aliphatic rings. The molecule has 3 aromatic heterocycles. The number of aryl methyl sites for hydroxylation is 1. The van der Waals surface area contributed by atoms with E-state index in [0.29, 0.717) is 36.1 Å². The maximum absolute atomic E-state index is 13.0. The van der Waals surface area contributed by atoms with Gasteiger partial charge in [0.2, 0.25) is 5.89 Å². The molecule has 0 radical (unpaired) electrons. The number of pyridine rings is 1. The Kier molecular flexibility index (Phi) is 5.80. The summed E-state index contributed by atoms with van der Waals surface area (Å²) in [6.07, 6.45) is 1.33. The van der Waals surface area contributed by atoms with Crippen LogP contribution < -0.4 is 10.2 Å². The van der Waals surface area contributed by atoms with E-state index in [2.05, 4.69) is 25.2 Å². The van der Waals surface area contributed by atoms with Gasteiger partial charge in [-0.05, 0) is 39.0 Å². The molecule has 10 heteroatoms. The van der Waals surface area contributed by atoms with Crippen LogP contribution in [0.4, 0.5) is 10.8 Å². The topological polar surface area (TPSA) is 114 Å². The summed E-state index contributed by atoms with van der Waals surface area (Å²) < 4.78 is 11.8. The average Bonchev–Trinajstić information content (AvgIpc) is 3.46. The number of nitrogens with one attached hydrogen (secondary N) is 1. The minimum absolute atomic E-state index is 0.136. The number of oxazole rings is 1. The van der Waals surface area contributed by atoms with Gasteiger partial charge in [0.15, 0.2) is 16.5 Å². The normalized spacial score (nSPS) is 14.5. The Labute approximate surface area is 200 Å². The lowest BCUT2D eigenvalue weighted by Crippen LogP contribution is -2.36. The Bertz CT molecular complexity index is 1350. The average molecular weight is 480 g/mol. The van der Waals surface area contributed by atoms with Gasteiger partial charge in [-0.2, -0.15) is 4.98 Å². The zero-order chi connectivity index (χ0) is 23.9. The predicted octanol–water partition coefficient (Wildman–Crippen LogP) is 3.97. The first-order valence-corrected chi connectivity index (χ1v) is 11.8. The third-order valence-corrected chi connectivity index (χ3v) is 6.53. The lowest BCUT2D eigenvalue weighted by atomic mass is 10.0. The summed E-state index contributed by atoms with van der Waals surface area (Å²) in [5.41, 5.74) is 1.96. The van der Waals surface area contributed by atoms with E-state index in [9.17, 15) is 9.90 Å². The minimum Gasteiger partial charge on any atom is -0.444 e. The second-order valence-electron chi connectivity index (χ2n) is 8.72. The number of rotatable bonds is 5. The number of fused-ring (bicyclic) bond motifs is 1. The van der Waals surface area contributed by atoms with Crippen molar-refractivity contribution in [1.29, 1.82) is 0 Å². The first-order chi connectivity index (χ1) is 16.3. The van der Waals surface area contributed by atoms with Crippen LogP contribution in [0.2, 0.25) is 0 Å². The Morgan fingerprint density at radius 2 is 1.97 bits per heavy atom. The molecule has 1 aromatic carbocycles. The fourth-order valence-electron chi connectivity index (χ4n) is 3.78. The van der Waals surface area contributed by atoms with Gasteiger partial charge in [-0.15, -0.1) is 0 Å². The lowest BCUT2D eigenvalue weighted by Gasteiger charge is -2.25. The van der Waals surface area contributed by atoms with E-state index >= 15 is 0 Å². The summed E-state index contributed by atoms with van der Waals surface area (Å²) in [5, 5.41) is 14.4. The van der Waals surface area contributed by atoms with E-state index in [1.54, 1.807) is 19.9 Å². The Balaban J connectivity index is 1.45. The van der Waals surface area contributed by atoms with Crippen LogP contribution in [0.3, 0.4) is 0 Å². The van der Waals surface area contributed by atoms with Crippen LogP contribution in [-0.2, 0) is 10.3 Å². The molecule has 1 amide bonds. The molecule has 34 heavy (non-hydrogen) atoms. The number of hydrogen-bond acceptors (Lipinski definition) is 9. The highest BCUT2D eigenvalue weighted by atomic mass is 32.1. The Hall–Kier alpha value is -3.34. The summed E-state index contributed by atoms with van der Waals surface area (Å²) in [5.74, 6) is -0.0880. The first-order valence-electron chi connectivity index (χ1n) is 11.0. The summed E-state index contributed by atoms with van der Waals surface area (Å²) in [4.78, 5) is 28.8. The van der Waals surface area contributed by atoms with Crippen molar-refractivity contribution in [1.82, 2.24) is 15.0 Å². The van der Waals surface area contributed by atoms with E-state index in [4.69, 9.17) is 9.15 Å². The van der Waals surface area contributed by atoms with Crippen molar-refractivity contribution < 1.29 is 19.1 Å². The summed E-state index contributed by atoms with van der Waals surface area (Å²) >= 11 is 1.49. The molecular formula is C24H25N5O4S. The molecule has 0 saturated carbocycles. The van der Waals surface area contributed by atoms with Gasteiger partial charge in [0.1, 0.15) is 11.9 Å². The van der Waals surface area contributed by atoms with E-state index in [1.165, 1.54) is 17.6 Å². The quantitative estimate of drug-likeness (QED) is 0.442. The smallest absolute Gasteiger partial charge is 0.277 e. The van der Waals surface area contributed by atoms with Crippen molar-refractivity contribution in [3.8, 4) is 11.5 Å². The number of aromatic nitrogens is 3. The number of amides is 1. The Morgan fingerprint density at radius 3 is 2.71 bits per heavy atom. The number of carbonyl (C=O) groups is 1. The van der Waals surface area contributed by atoms with Crippen LogP contribution >= 0.6 is 11.3 Å². The first kappa shape index (κ1) is 22.5. The van der Waals surface area contributed by atoms with Gasteiger partial charge < -0.3 is 24.5 Å². The van der Waals surface area contributed by atoms with Gasteiger partial charge >= 0.3 is 0 Å². The number of anilines is 2. The summed E-state index contributed by atoms with van der Waals surface area (Å²) in [6.45, 7) is 8.05. The number of aliphatic hydroxyl groups is 1. The van der Waals surface area contributed by atoms with Gasteiger partial charge in [0.25, 0.3) is 5.91 Å². The number of benzene rings is 1. The number of morpholine rings is 1. The van der Waals surface area contributed by atoms with Crippen molar-refractivity contribution in [2.45, 2.75) is 26.4 Å². The minimum atomic E-state index is -1.30. The van der Waals surface area contributed by atoms with Crippen LogP contribution in [0.1, 0.15) is 35.6 Å². The maximum atomic E-state index is 13.0. The number of nitrogens with zero attached hydrogens (tertiary/aromatic N) is 4. The van der Waals surface area contributed by atoms with Crippen LogP contribution in [0.5, 0.6) is 0 Å². The van der Waals surface area contributed by atoms with Gasteiger partial charge in [-0.25, -0.2) is 9.97 Å². The van der Waals surface area contributed by atoms with E-state index in [0.717, 1.165) is 34.0 Å². The second kappa shape index (κ2) is 8.79. The summed E-state index contributed by atoms with van der Waals surface area (Å²) in [6, 6.07) is 9.50. The van der Waals surface area contributed by atoms with E-state index < -0.39 is 11.5 Å². The number of carbonyl (C=O) groups excluding carboxylic acids is 1. The van der Waals surface area contributed by atoms with Gasteiger partial charge in [0.05, 0.1) is 29.3 Å². The van der Waals surface area contributed by atoms with Crippen molar-refractivity contribution >= 4 is 38.4 Å². The van der Waals surface area contributed by atoms with Crippen LogP contribution in [-0.4, -0.2) is 52.3 Å². The maximum Gasteiger partial charge on any atom is 0.277 e. The largest absolute Gasteiger partial charge is 0.444 e. The number of thiazole rings is 1. The molecule has 4 heterocycles. The van der Waals surface area contributed by atoms with E-state index in [-0.39, 0.29) is 5.69 Å². The molecule has 0 atom stereocenters. The molecule has 5 rings (SSSR count). The number of ether oxygens (including phenoxy) is 1. The molecule has 0 aliphatic carbocycles. The highest BCUT2D eigenvalue weighted by Crippen LogP contribution is 2.35. The third kappa shape index (κ3) is 4.52. The zero-order valence-corrected chi connectivity index (χ0v) is 20.0. The summed E-state index contributed by atoms with van der Waals surface area (Å²) in [7, 11) is 0. The molecule has 4 aromatic rings. The molecule has 1 saturated heterocycles. The van der Waals surface area contributed by atoms with Gasteiger partial charge in [-0.3, -0.25) is 4.79 Å². The SMILES string of the molecule is Cc1cccc(-c2nc(C(=O)Nc3cc4sc(N5CCOCC5)nc4nc3C(C)(C)O)co2)c1. The molecule has 0 bridgehead atoms. The molecule has 0 unspecified atom stereocenters. The van der Waals surface area contributed by atoms with Crippen molar-refractivity contribution in [3.63, 3.8) is 0 Å². The van der Waals surface area contributed by atoms with Crippen LogP contribution in [0, 0.1) is 6.92 Å². The fourth-order valence-corrected chi connectivity index (χ4v) is 4.78. The highest BCUT2D eigenvalue weighted by molar-refractivity contribution is 7.22.